The third-order valence-corrected chi connectivity index (χ3v) is 4.54. The average molecular weight is 325 g/mol. The van der Waals surface area contributed by atoms with Gasteiger partial charge in [-0.15, -0.1) is 0 Å². The fourth-order valence-electron chi connectivity index (χ4n) is 3.16. The summed E-state index contributed by atoms with van der Waals surface area (Å²) in [6, 6.07) is 0.394. The lowest BCUT2D eigenvalue weighted by Gasteiger charge is -2.32. The van der Waals surface area contributed by atoms with E-state index in [0.717, 1.165) is 39.0 Å². The molecule has 1 aromatic heterocycles. The Balaban J connectivity index is 1.42. The number of piperidine rings is 1. The van der Waals surface area contributed by atoms with E-state index < -0.39 is 0 Å². The highest BCUT2D eigenvalue weighted by Crippen LogP contribution is 2.21. The molecule has 0 N–H and O–H groups in total. The normalized spacial score (nSPS) is 24.0. The molecule has 22 heavy (non-hydrogen) atoms. The lowest BCUT2D eigenvalue weighted by molar-refractivity contribution is -0.126. The number of amides is 1. The number of aromatic nitrogens is 2. The number of halogens is 1. The van der Waals surface area contributed by atoms with Gasteiger partial charge in [-0.25, -0.2) is 9.97 Å². The van der Waals surface area contributed by atoms with Gasteiger partial charge in [0.1, 0.15) is 6.10 Å². The summed E-state index contributed by atoms with van der Waals surface area (Å²) in [6.07, 6.45) is 5.86. The Morgan fingerprint density at radius 3 is 2.59 bits per heavy atom. The quantitative estimate of drug-likeness (QED) is 0.839. The topological polar surface area (TPSA) is 58.6 Å². The number of carbonyl (C=O) groups is 1. The van der Waals surface area contributed by atoms with Crippen LogP contribution in [0.2, 0.25) is 5.02 Å². The number of rotatable bonds is 4. The monoisotopic (exact) mass is 324 g/mol. The van der Waals surface area contributed by atoms with Crippen molar-refractivity contribution in [2.75, 3.05) is 33.2 Å². The number of likely N-dealkylation sites (tertiary alicyclic amines) is 2. The molecule has 1 aromatic rings. The average Bonchev–Trinajstić information content (AvgIpc) is 2.82. The molecule has 0 aromatic carbocycles. The number of hydrogen-bond acceptors (Lipinski definition) is 5. The van der Waals surface area contributed by atoms with Crippen molar-refractivity contribution in [2.45, 2.75) is 25.4 Å². The summed E-state index contributed by atoms with van der Waals surface area (Å²) in [4.78, 5) is 24.0. The molecule has 7 heteroatoms. The van der Waals surface area contributed by atoms with Crippen LogP contribution in [0.5, 0.6) is 6.01 Å². The van der Waals surface area contributed by atoms with Crippen LogP contribution in [0.25, 0.3) is 0 Å². The molecule has 0 bridgehead atoms. The molecule has 2 saturated heterocycles. The van der Waals surface area contributed by atoms with Crippen molar-refractivity contribution in [3.05, 3.63) is 17.4 Å². The Bertz CT molecular complexity index is 517. The lowest BCUT2D eigenvalue weighted by atomic mass is 10.0. The second-order valence-corrected chi connectivity index (χ2v) is 6.58. The Morgan fingerprint density at radius 2 is 2.00 bits per heavy atom. The van der Waals surface area contributed by atoms with E-state index in [1.54, 1.807) is 12.4 Å². The van der Waals surface area contributed by atoms with E-state index in [2.05, 4.69) is 14.9 Å². The van der Waals surface area contributed by atoms with E-state index in [1.165, 1.54) is 0 Å². The predicted molar refractivity (Wildman–Crippen MR) is 82.9 cm³/mol. The highest BCUT2D eigenvalue weighted by Gasteiger charge is 2.30. The molecule has 1 unspecified atom stereocenters. The van der Waals surface area contributed by atoms with Crippen LogP contribution in [-0.2, 0) is 4.79 Å². The number of carbonyl (C=O) groups excluding carboxylic acids is 1. The first-order valence-corrected chi connectivity index (χ1v) is 8.08. The first-order chi connectivity index (χ1) is 10.6. The molecule has 0 aliphatic carbocycles. The second-order valence-electron chi connectivity index (χ2n) is 6.15. The van der Waals surface area contributed by atoms with Gasteiger partial charge in [0.25, 0.3) is 0 Å². The predicted octanol–water partition coefficient (Wildman–Crippen LogP) is 1.45. The van der Waals surface area contributed by atoms with Crippen LogP contribution in [0.1, 0.15) is 19.3 Å². The van der Waals surface area contributed by atoms with E-state index >= 15 is 0 Å². The van der Waals surface area contributed by atoms with Gasteiger partial charge in [-0.3, -0.25) is 4.79 Å². The molecule has 2 fully saturated rings. The molecular weight excluding hydrogens is 304 g/mol. The smallest absolute Gasteiger partial charge is 0.316 e. The molecule has 0 saturated carbocycles. The summed E-state index contributed by atoms with van der Waals surface area (Å²) in [7, 11) is 1.88. The van der Waals surface area contributed by atoms with Crippen LogP contribution >= 0.6 is 11.6 Å². The maximum absolute atomic E-state index is 11.6. The molecule has 2 aliphatic heterocycles. The molecule has 3 heterocycles. The van der Waals surface area contributed by atoms with Crippen molar-refractivity contribution in [1.82, 2.24) is 19.8 Å². The summed E-state index contributed by atoms with van der Waals surface area (Å²) in [5, 5.41) is 0.512. The highest BCUT2D eigenvalue weighted by atomic mass is 35.5. The molecule has 120 valence electrons. The lowest BCUT2D eigenvalue weighted by Crippen LogP contribution is -2.41. The maximum atomic E-state index is 11.6. The van der Waals surface area contributed by atoms with Crippen LogP contribution in [0.4, 0.5) is 0 Å². The summed E-state index contributed by atoms with van der Waals surface area (Å²) in [5.74, 6) is 0.734. The van der Waals surface area contributed by atoms with E-state index in [1.807, 2.05) is 11.9 Å². The largest absolute Gasteiger partial charge is 0.460 e. The van der Waals surface area contributed by atoms with E-state index in [0.29, 0.717) is 23.4 Å². The van der Waals surface area contributed by atoms with Crippen LogP contribution in [-0.4, -0.2) is 65.0 Å². The van der Waals surface area contributed by atoms with Gasteiger partial charge >= 0.3 is 6.01 Å². The summed E-state index contributed by atoms with van der Waals surface area (Å²) < 4.78 is 5.79. The molecule has 1 atom stereocenters. The van der Waals surface area contributed by atoms with Crippen LogP contribution < -0.4 is 4.74 Å². The maximum Gasteiger partial charge on any atom is 0.316 e. The van der Waals surface area contributed by atoms with Crippen LogP contribution in [0.15, 0.2) is 12.4 Å². The molecule has 1 amide bonds. The first kappa shape index (κ1) is 15.5. The zero-order valence-electron chi connectivity index (χ0n) is 12.7. The zero-order valence-corrected chi connectivity index (χ0v) is 13.5. The fraction of sp³-hybridized carbons (Fsp3) is 0.667. The van der Waals surface area contributed by atoms with Gasteiger partial charge in [-0.1, -0.05) is 11.6 Å². The van der Waals surface area contributed by atoms with Crippen molar-refractivity contribution in [2.24, 2.45) is 5.92 Å². The molecule has 2 aliphatic rings. The summed E-state index contributed by atoms with van der Waals surface area (Å²) >= 11 is 5.76. The van der Waals surface area contributed by atoms with Gasteiger partial charge in [0, 0.05) is 39.6 Å². The Hall–Kier alpha value is -1.40. The fourth-order valence-corrected chi connectivity index (χ4v) is 3.26. The number of nitrogens with zero attached hydrogens (tertiary/aromatic N) is 4. The molecule has 0 radical (unpaired) electrons. The molecular formula is C15H21ClN4O2. The van der Waals surface area contributed by atoms with E-state index in [4.69, 9.17) is 16.3 Å². The van der Waals surface area contributed by atoms with Gasteiger partial charge in [0.2, 0.25) is 5.91 Å². The Morgan fingerprint density at radius 1 is 1.32 bits per heavy atom. The van der Waals surface area contributed by atoms with Gasteiger partial charge < -0.3 is 14.5 Å². The standard InChI is InChI=1S/C15H21ClN4O2/c1-19-9-11(6-14(19)21)10-20-4-2-13(3-5-20)22-15-17-7-12(16)8-18-15/h7-8,11,13H,2-6,9-10H2,1H3. The Labute approximate surface area is 135 Å². The van der Waals surface area contributed by atoms with Crippen molar-refractivity contribution in [3.8, 4) is 6.01 Å². The third-order valence-electron chi connectivity index (χ3n) is 4.34. The molecule has 6 nitrogen and oxygen atoms in total. The van der Waals surface area contributed by atoms with E-state index in [9.17, 15) is 4.79 Å². The minimum atomic E-state index is 0.158. The van der Waals surface area contributed by atoms with Gasteiger partial charge in [-0.2, -0.15) is 0 Å². The minimum Gasteiger partial charge on any atom is -0.460 e. The van der Waals surface area contributed by atoms with Crippen LogP contribution in [0.3, 0.4) is 0 Å². The third kappa shape index (κ3) is 3.87. The van der Waals surface area contributed by atoms with Crippen molar-refractivity contribution in [1.29, 1.82) is 0 Å². The van der Waals surface area contributed by atoms with Gasteiger partial charge in [0.15, 0.2) is 0 Å². The highest BCUT2D eigenvalue weighted by molar-refractivity contribution is 6.30. The summed E-state index contributed by atoms with van der Waals surface area (Å²) in [5.41, 5.74) is 0. The van der Waals surface area contributed by atoms with Crippen molar-refractivity contribution < 1.29 is 9.53 Å². The van der Waals surface area contributed by atoms with Crippen LogP contribution in [0, 0.1) is 5.92 Å². The van der Waals surface area contributed by atoms with Gasteiger partial charge in [0.05, 0.1) is 17.4 Å². The van der Waals surface area contributed by atoms with E-state index in [-0.39, 0.29) is 12.0 Å². The zero-order chi connectivity index (χ0) is 15.5. The molecule has 0 spiro atoms. The summed E-state index contributed by atoms with van der Waals surface area (Å²) in [6.45, 7) is 3.87. The molecule has 3 rings (SSSR count). The minimum absolute atomic E-state index is 0.158. The second kappa shape index (κ2) is 6.79. The number of hydrogen-bond donors (Lipinski definition) is 0. The number of ether oxygens (including phenoxy) is 1. The SMILES string of the molecule is CN1CC(CN2CCC(Oc3ncc(Cl)cn3)CC2)CC1=O. The van der Waals surface area contributed by atoms with Crippen molar-refractivity contribution >= 4 is 17.5 Å². The van der Waals surface area contributed by atoms with Crippen molar-refractivity contribution in [3.63, 3.8) is 0 Å². The first-order valence-electron chi connectivity index (χ1n) is 7.70. The Kier molecular flexibility index (Phi) is 4.78. The van der Waals surface area contributed by atoms with Gasteiger partial charge in [-0.05, 0) is 18.8 Å².